The lowest BCUT2D eigenvalue weighted by Gasteiger charge is -2.16. The number of rotatable bonds is 6. The summed E-state index contributed by atoms with van der Waals surface area (Å²) in [4.78, 5) is 0. The van der Waals surface area contributed by atoms with Crippen molar-refractivity contribution in [1.29, 1.82) is 0 Å². The molecule has 0 heterocycles. The summed E-state index contributed by atoms with van der Waals surface area (Å²) in [6.45, 7) is 0.902. The summed E-state index contributed by atoms with van der Waals surface area (Å²) >= 11 is 5.78. The third-order valence-electron chi connectivity index (χ3n) is 3.25. The predicted octanol–water partition coefficient (Wildman–Crippen LogP) is 3.03. The van der Waals surface area contributed by atoms with Crippen LogP contribution in [0.2, 0.25) is 5.02 Å². The van der Waals surface area contributed by atoms with Crippen LogP contribution in [-0.2, 0) is 0 Å². The highest BCUT2D eigenvalue weighted by molar-refractivity contribution is 6.30. The zero-order valence-electron chi connectivity index (χ0n) is 10.8. The fraction of sp³-hybridized carbons (Fsp3) is 0.571. The summed E-state index contributed by atoms with van der Waals surface area (Å²) in [6, 6.07) is 7.74. The number of halogens is 2. The molecule has 0 aliphatic heterocycles. The molecule has 5 heteroatoms. The largest absolute Gasteiger partial charge is 0.491 e. The molecule has 2 rings (SSSR count). The van der Waals surface area contributed by atoms with Gasteiger partial charge in [-0.3, -0.25) is 0 Å². The summed E-state index contributed by atoms with van der Waals surface area (Å²) in [5, 5.41) is 13.9. The number of ether oxygens (including phenoxy) is 1. The molecule has 1 atom stereocenters. The highest BCUT2D eigenvalue weighted by atomic mass is 35.5. The zero-order chi connectivity index (χ0) is 12.8. The first-order valence-corrected chi connectivity index (χ1v) is 6.91. The van der Waals surface area contributed by atoms with Crippen LogP contribution >= 0.6 is 24.0 Å². The van der Waals surface area contributed by atoms with Gasteiger partial charge >= 0.3 is 0 Å². The van der Waals surface area contributed by atoms with Crippen LogP contribution < -0.4 is 10.1 Å². The van der Waals surface area contributed by atoms with E-state index < -0.39 is 6.10 Å². The Labute approximate surface area is 125 Å². The van der Waals surface area contributed by atoms with Gasteiger partial charge in [0.2, 0.25) is 0 Å². The first-order valence-electron chi connectivity index (χ1n) is 6.54. The molecule has 0 spiro atoms. The maximum absolute atomic E-state index is 9.81. The van der Waals surface area contributed by atoms with Crippen LogP contribution in [-0.4, -0.2) is 30.4 Å². The van der Waals surface area contributed by atoms with Gasteiger partial charge < -0.3 is 15.2 Å². The maximum atomic E-state index is 9.81. The van der Waals surface area contributed by atoms with Crippen molar-refractivity contribution in [3.05, 3.63) is 29.3 Å². The van der Waals surface area contributed by atoms with Crippen molar-refractivity contribution in [2.45, 2.75) is 37.8 Å². The molecule has 0 aromatic heterocycles. The Morgan fingerprint density at radius 2 is 1.89 bits per heavy atom. The van der Waals surface area contributed by atoms with E-state index in [4.69, 9.17) is 16.3 Å². The van der Waals surface area contributed by atoms with Gasteiger partial charge in [-0.05, 0) is 37.1 Å². The van der Waals surface area contributed by atoms with E-state index >= 15 is 0 Å². The molecule has 1 saturated carbocycles. The van der Waals surface area contributed by atoms with E-state index in [1.165, 1.54) is 25.7 Å². The van der Waals surface area contributed by atoms with Gasteiger partial charge in [0.25, 0.3) is 0 Å². The highest BCUT2D eigenvalue weighted by Gasteiger charge is 2.15. The Morgan fingerprint density at radius 3 is 2.53 bits per heavy atom. The summed E-state index contributed by atoms with van der Waals surface area (Å²) in [6.07, 6.45) is 4.58. The molecule has 1 aliphatic carbocycles. The molecule has 0 amide bonds. The zero-order valence-corrected chi connectivity index (χ0v) is 12.4. The van der Waals surface area contributed by atoms with Crippen LogP contribution in [0.1, 0.15) is 25.7 Å². The van der Waals surface area contributed by atoms with Crippen molar-refractivity contribution in [1.82, 2.24) is 5.32 Å². The number of hydrogen-bond acceptors (Lipinski definition) is 3. The van der Waals surface area contributed by atoms with E-state index in [1.54, 1.807) is 24.3 Å². The van der Waals surface area contributed by atoms with Crippen molar-refractivity contribution in [2.75, 3.05) is 13.2 Å². The third kappa shape index (κ3) is 6.00. The van der Waals surface area contributed by atoms with Gasteiger partial charge in [-0.1, -0.05) is 24.4 Å². The lowest BCUT2D eigenvalue weighted by Crippen LogP contribution is -2.36. The van der Waals surface area contributed by atoms with Gasteiger partial charge in [-0.15, -0.1) is 12.4 Å². The fourth-order valence-corrected chi connectivity index (χ4v) is 2.34. The SMILES string of the molecule is Cl.OC(CNC1CCCC1)COc1ccc(Cl)cc1. The molecular formula is C14H21Cl2NO2. The molecule has 0 bridgehead atoms. The van der Waals surface area contributed by atoms with Gasteiger partial charge in [0.15, 0.2) is 0 Å². The van der Waals surface area contributed by atoms with E-state index in [9.17, 15) is 5.11 Å². The molecule has 0 saturated heterocycles. The van der Waals surface area contributed by atoms with E-state index in [0.29, 0.717) is 24.2 Å². The van der Waals surface area contributed by atoms with Crippen molar-refractivity contribution in [2.24, 2.45) is 0 Å². The number of nitrogens with one attached hydrogen (secondary N) is 1. The van der Waals surface area contributed by atoms with Crippen molar-refractivity contribution in [3.63, 3.8) is 0 Å². The minimum absolute atomic E-state index is 0. The first-order chi connectivity index (χ1) is 8.74. The van der Waals surface area contributed by atoms with Crippen molar-refractivity contribution in [3.8, 4) is 5.75 Å². The van der Waals surface area contributed by atoms with E-state index in [-0.39, 0.29) is 12.4 Å². The smallest absolute Gasteiger partial charge is 0.119 e. The average Bonchev–Trinajstić information content (AvgIpc) is 2.89. The molecule has 1 unspecified atom stereocenters. The lowest BCUT2D eigenvalue weighted by atomic mass is 10.2. The summed E-state index contributed by atoms with van der Waals surface area (Å²) in [7, 11) is 0. The normalized spacial score (nSPS) is 16.9. The molecule has 1 fully saturated rings. The van der Waals surface area contributed by atoms with E-state index in [0.717, 1.165) is 5.75 Å². The average molecular weight is 306 g/mol. The van der Waals surface area contributed by atoms with E-state index in [1.807, 2.05) is 0 Å². The highest BCUT2D eigenvalue weighted by Crippen LogP contribution is 2.18. The number of benzene rings is 1. The first kappa shape index (κ1) is 16.6. The topological polar surface area (TPSA) is 41.5 Å². The van der Waals surface area contributed by atoms with E-state index in [2.05, 4.69) is 5.32 Å². The Balaban J connectivity index is 0.00000180. The summed E-state index contributed by atoms with van der Waals surface area (Å²) in [5.41, 5.74) is 0. The van der Waals surface area contributed by atoms with Crippen LogP contribution in [0.5, 0.6) is 5.75 Å². The number of aliphatic hydroxyl groups excluding tert-OH is 1. The third-order valence-corrected chi connectivity index (χ3v) is 3.51. The van der Waals surface area contributed by atoms with Crippen LogP contribution in [0.3, 0.4) is 0 Å². The van der Waals surface area contributed by atoms with Gasteiger partial charge in [-0.25, -0.2) is 0 Å². The van der Waals surface area contributed by atoms with Crippen molar-refractivity contribution < 1.29 is 9.84 Å². The standard InChI is InChI=1S/C14H20ClNO2.ClH/c15-11-5-7-14(8-6-11)18-10-13(17)9-16-12-3-1-2-4-12;/h5-8,12-13,16-17H,1-4,9-10H2;1H. The molecule has 3 nitrogen and oxygen atoms in total. The summed E-state index contributed by atoms with van der Waals surface area (Å²) in [5.74, 6) is 0.735. The lowest BCUT2D eigenvalue weighted by molar-refractivity contribution is 0.104. The number of hydrogen-bond donors (Lipinski definition) is 2. The van der Waals surface area contributed by atoms with Gasteiger partial charge in [-0.2, -0.15) is 0 Å². The van der Waals surface area contributed by atoms with Gasteiger partial charge in [0.1, 0.15) is 18.5 Å². The molecule has 0 radical (unpaired) electrons. The predicted molar refractivity (Wildman–Crippen MR) is 80.5 cm³/mol. The second-order valence-electron chi connectivity index (χ2n) is 4.81. The van der Waals surface area contributed by atoms with Gasteiger partial charge in [0, 0.05) is 17.6 Å². The molecule has 1 aliphatic rings. The van der Waals surface area contributed by atoms with Crippen molar-refractivity contribution >= 4 is 24.0 Å². The molecule has 2 N–H and O–H groups in total. The Morgan fingerprint density at radius 1 is 1.26 bits per heavy atom. The molecule has 19 heavy (non-hydrogen) atoms. The monoisotopic (exact) mass is 305 g/mol. The fourth-order valence-electron chi connectivity index (χ4n) is 2.21. The van der Waals surface area contributed by atoms with Crippen LogP contribution in [0, 0.1) is 0 Å². The Hall–Kier alpha value is -0.480. The van der Waals surface area contributed by atoms with Gasteiger partial charge in [0.05, 0.1) is 0 Å². The summed E-state index contributed by atoms with van der Waals surface area (Å²) < 4.78 is 5.49. The quantitative estimate of drug-likeness (QED) is 0.849. The molecule has 108 valence electrons. The second-order valence-corrected chi connectivity index (χ2v) is 5.24. The minimum atomic E-state index is -0.471. The maximum Gasteiger partial charge on any atom is 0.119 e. The molecule has 1 aromatic rings. The Kier molecular flexibility index (Phi) is 7.54. The number of aliphatic hydroxyl groups is 1. The van der Waals surface area contributed by atoms with Crippen LogP contribution in [0.25, 0.3) is 0 Å². The van der Waals surface area contributed by atoms with Crippen LogP contribution in [0.4, 0.5) is 0 Å². The molecule has 1 aromatic carbocycles. The minimum Gasteiger partial charge on any atom is -0.491 e. The molecular weight excluding hydrogens is 285 g/mol. The second kappa shape index (κ2) is 8.64. The van der Waals surface area contributed by atoms with Crippen LogP contribution in [0.15, 0.2) is 24.3 Å². The Bertz CT molecular complexity index is 353.